The summed E-state index contributed by atoms with van der Waals surface area (Å²) in [4.78, 5) is 18.0. The van der Waals surface area contributed by atoms with E-state index in [1.807, 2.05) is 103 Å². The van der Waals surface area contributed by atoms with Crippen molar-refractivity contribution in [2.45, 2.75) is 62.6 Å². The third-order valence-corrected chi connectivity index (χ3v) is 13.6. The number of nitrogens with two attached hydrogens (primary N) is 2. The number of quaternary nitrogens is 1. The van der Waals surface area contributed by atoms with Gasteiger partial charge in [0, 0.05) is 50.2 Å². The van der Waals surface area contributed by atoms with Crippen LogP contribution in [-0.4, -0.2) is 90.7 Å². The Morgan fingerprint density at radius 2 is 1.09 bits per heavy atom. The molecule has 2 saturated heterocycles. The minimum Gasteiger partial charge on any atom is -1.00 e. The molecule has 3 atom stereocenters. The molecule has 0 bridgehead atoms. The zero-order chi connectivity index (χ0) is 46.6. The summed E-state index contributed by atoms with van der Waals surface area (Å²) in [6.45, 7) is 10.4. The normalized spacial score (nSPS) is 16.0. The number of primary amides is 1. The maximum absolute atomic E-state index is 12.9. The van der Waals surface area contributed by atoms with Crippen molar-refractivity contribution in [1.82, 2.24) is 9.80 Å². The summed E-state index contributed by atoms with van der Waals surface area (Å²) in [6.07, 6.45) is 9.89. The van der Waals surface area contributed by atoms with Crippen molar-refractivity contribution < 1.29 is 38.4 Å². The summed E-state index contributed by atoms with van der Waals surface area (Å²) >= 11 is 6.13. The number of halogens is 5. The van der Waals surface area contributed by atoms with Crippen LogP contribution in [0.2, 0.25) is 5.02 Å². The van der Waals surface area contributed by atoms with Gasteiger partial charge in [-0.1, -0.05) is 188 Å². The van der Waals surface area contributed by atoms with E-state index in [4.69, 9.17) is 23.1 Å². The monoisotopic (exact) mass is 1140 g/mol. The van der Waals surface area contributed by atoms with Crippen molar-refractivity contribution >= 4 is 60.8 Å². The van der Waals surface area contributed by atoms with Crippen LogP contribution in [0.4, 0.5) is 0 Å². The maximum Gasteiger partial charge on any atom is 0.232 e. The molecule has 5 N–H and O–H groups in total. The molecule has 1 amide bonds. The second-order valence-corrected chi connectivity index (χ2v) is 18.6. The molecule has 8 rings (SSSR count). The van der Waals surface area contributed by atoms with Gasteiger partial charge >= 0.3 is 0 Å². The second kappa shape index (κ2) is 32.3. The topological polar surface area (TPSA) is 95.8 Å². The molecule has 3 unspecified atom stereocenters. The maximum atomic E-state index is 12.9. The third kappa shape index (κ3) is 18.4. The molecule has 7 nitrogen and oxygen atoms in total. The highest BCUT2D eigenvalue weighted by molar-refractivity contribution is 6.30. The fourth-order valence-electron chi connectivity index (χ4n) is 9.38. The number of likely N-dealkylation sites (tertiary alicyclic amines) is 1. The first kappa shape index (κ1) is 62.3. The predicted octanol–water partition coefficient (Wildman–Crippen LogP) is 8.97. The van der Waals surface area contributed by atoms with Gasteiger partial charge in [0.2, 0.25) is 5.91 Å². The van der Waals surface area contributed by atoms with E-state index in [0.717, 1.165) is 71.9 Å². The molecule has 0 radical (unpaired) electrons. The Morgan fingerprint density at radius 1 is 0.657 bits per heavy atom. The molecule has 6 aromatic rings. The lowest BCUT2D eigenvalue weighted by Gasteiger charge is -2.39. The number of hydrogen-bond donors (Lipinski definition) is 3. The first-order valence-electron chi connectivity index (χ1n) is 23.8. The van der Waals surface area contributed by atoms with Gasteiger partial charge in [-0.05, 0) is 78.1 Å². The predicted molar refractivity (Wildman–Crippen MR) is 297 cm³/mol. The summed E-state index contributed by atoms with van der Waals surface area (Å²) in [5, 5.41) is 10.3. The number of carbonyl (C=O) groups excluding carboxylic acids is 1. The number of hydrogen-bond acceptors (Lipinski definition) is 5. The lowest BCUT2D eigenvalue weighted by atomic mass is 9.71. The molecule has 2 heterocycles. The van der Waals surface area contributed by atoms with Crippen molar-refractivity contribution in [1.29, 1.82) is 0 Å². The van der Waals surface area contributed by atoms with Crippen molar-refractivity contribution in [3.05, 3.63) is 220 Å². The number of nitrogens with zero attached hydrogens (tertiary/aromatic N) is 3. The smallest absolute Gasteiger partial charge is 0.232 e. The first-order valence-corrected chi connectivity index (χ1v) is 24.2. The fraction of sp³-hybridized carbons (Fsp3) is 0.328. The molecule has 6 aromatic carbocycles. The van der Waals surface area contributed by atoms with E-state index in [9.17, 15) is 9.90 Å². The Balaban J connectivity index is 0.000000379. The third-order valence-electron chi connectivity index (χ3n) is 13.3. The molecule has 0 spiro atoms. The molecule has 2 aliphatic heterocycles. The summed E-state index contributed by atoms with van der Waals surface area (Å²) in [7, 11) is 2.34. The van der Waals surface area contributed by atoms with Crippen LogP contribution in [0.1, 0.15) is 84.6 Å². The highest BCUT2D eigenvalue weighted by atomic mass is 127. The molecule has 70 heavy (non-hydrogen) atoms. The Kier molecular flexibility index (Phi) is 28.8. The van der Waals surface area contributed by atoms with Crippen molar-refractivity contribution in [3.8, 4) is 0 Å². The van der Waals surface area contributed by atoms with Crippen molar-refractivity contribution in [2.75, 3.05) is 59.4 Å². The number of aliphatic hydroxyl groups excluding tert-OH is 1. The standard InChI is InChI=1S/C26H27ClN2.C23H30N2O.C9H13NO.3ClH.HI/c27-25-15-13-24(14-16-25)26(23-11-5-2-6-12-23)29-20-18-28(19-21-29)17-7-10-22-8-3-1-4-9-22;1-25(17-10-2-3-11-18-25)19-16-23(22(24)26,20-12-6-4-7-13-20)21-14-8-5-9-15-21;1-7(10)9(11)8-5-3-2-4-6-8;;;;/h1-16,26H,17-21H2;4-9,12-15H,2-3,10-11,16-19H2,1H3,(H-,24,26);2-7,9,11H,10H2,1H3;4*1H/b10-7+;;;;;;. The van der Waals surface area contributed by atoms with Gasteiger partial charge in [-0.15, -0.1) is 37.2 Å². The molecular formula is C58H74Cl4IN5O2. The van der Waals surface area contributed by atoms with Gasteiger partial charge in [-0.25, -0.2) is 0 Å². The molecule has 0 aliphatic carbocycles. The average molecular weight is 1140 g/mol. The number of piperazine rings is 1. The van der Waals surface area contributed by atoms with Gasteiger partial charge in [0.1, 0.15) is 5.41 Å². The van der Waals surface area contributed by atoms with Gasteiger partial charge in [0.05, 0.1) is 38.8 Å². The Morgan fingerprint density at radius 3 is 1.54 bits per heavy atom. The number of amides is 1. The average Bonchev–Trinajstić information content (AvgIpc) is 3.59. The van der Waals surface area contributed by atoms with Crippen LogP contribution in [0.15, 0.2) is 182 Å². The van der Waals surface area contributed by atoms with Crippen molar-refractivity contribution in [2.24, 2.45) is 11.5 Å². The Bertz CT molecular complexity index is 2280. The van der Waals surface area contributed by atoms with Gasteiger partial charge in [0.25, 0.3) is 0 Å². The minimum atomic E-state index is -0.768. The second-order valence-electron chi connectivity index (χ2n) is 18.2. The highest BCUT2D eigenvalue weighted by Gasteiger charge is 2.42. The largest absolute Gasteiger partial charge is 1.00 e. The van der Waals surface area contributed by atoms with E-state index in [-0.39, 0.29) is 79.2 Å². The van der Waals surface area contributed by atoms with E-state index in [1.54, 1.807) is 6.92 Å². The molecular weight excluding hydrogens is 1070 g/mol. The van der Waals surface area contributed by atoms with Crippen LogP contribution >= 0.6 is 48.8 Å². The summed E-state index contributed by atoms with van der Waals surface area (Å²) in [5.74, 6) is -0.253. The van der Waals surface area contributed by atoms with Gasteiger partial charge in [-0.3, -0.25) is 14.6 Å². The Hall–Kier alpha value is -3.78. The van der Waals surface area contributed by atoms with E-state index < -0.39 is 11.5 Å². The quantitative estimate of drug-likeness (QED) is 0.0749. The van der Waals surface area contributed by atoms with Crippen LogP contribution in [0.3, 0.4) is 0 Å². The molecule has 0 aromatic heterocycles. The number of benzene rings is 6. The van der Waals surface area contributed by atoms with Crippen molar-refractivity contribution in [3.63, 3.8) is 0 Å². The zero-order valence-electron chi connectivity index (χ0n) is 40.7. The summed E-state index contributed by atoms with van der Waals surface area (Å²) in [6, 6.07) is 59.3. The van der Waals surface area contributed by atoms with Crippen LogP contribution in [0.5, 0.6) is 0 Å². The van der Waals surface area contributed by atoms with Crippen LogP contribution in [-0.2, 0) is 10.2 Å². The highest BCUT2D eigenvalue weighted by Crippen LogP contribution is 2.37. The van der Waals surface area contributed by atoms with Gasteiger partial charge < -0.3 is 45.0 Å². The minimum absolute atomic E-state index is 0. The summed E-state index contributed by atoms with van der Waals surface area (Å²) < 4.78 is 1.04. The number of aliphatic hydroxyl groups is 1. The van der Waals surface area contributed by atoms with E-state index in [0.29, 0.717) is 0 Å². The zero-order valence-corrected chi connectivity index (χ0v) is 46.0. The van der Waals surface area contributed by atoms with Crippen LogP contribution in [0, 0.1) is 0 Å². The molecule has 378 valence electrons. The first-order chi connectivity index (χ1) is 32.1. The van der Waals surface area contributed by atoms with E-state index in [1.165, 1.54) is 55.5 Å². The molecule has 2 aliphatic rings. The van der Waals surface area contributed by atoms with E-state index >= 15 is 0 Å². The molecule has 0 saturated carbocycles. The van der Waals surface area contributed by atoms with Crippen LogP contribution in [0.25, 0.3) is 6.08 Å². The van der Waals surface area contributed by atoms with Crippen LogP contribution < -0.4 is 35.4 Å². The fourth-order valence-corrected chi connectivity index (χ4v) is 9.50. The lowest BCUT2D eigenvalue weighted by Crippen LogP contribution is -3.00. The van der Waals surface area contributed by atoms with Gasteiger partial charge in [-0.2, -0.15) is 0 Å². The summed E-state index contributed by atoms with van der Waals surface area (Å²) in [5.41, 5.74) is 17.6. The molecule has 2 fully saturated rings. The Labute approximate surface area is 459 Å². The molecule has 12 heteroatoms. The van der Waals surface area contributed by atoms with E-state index in [2.05, 4.69) is 102 Å². The number of rotatable bonds is 14. The van der Waals surface area contributed by atoms with Gasteiger partial charge in [0.15, 0.2) is 0 Å². The lowest BCUT2D eigenvalue weighted by molar-refractivity contribution is -0.909. The SMILES string of the molecule is CC(N)C(O)c1ccccc1.C[N+]1(CCC(C(N)=O)(c2ccccc2)c2ccccc2)CCCCCC1.Cl.Cl.Cl.Clc1ccc(C(c2ccccc2)N2CCN(C/C=C/c3ccccc3)CC2)cc1.[I-]. The number of carbonyl (C=O) groups is 1.